The quantitative estimate of drug-likeness (QED) is 0.793. The van der Waals surface area contributed by atoms with Gasteiger partial charge in [-0.1, -0.05) is 24.3 Å². The van der Waals surface area contributed by atoms with Crippen LogP contribution in [0, 0.1) is 6.92 Å². The maximum atomic E-state index is 12.0. The molecule has 1 saturated heterocycles. The summed E-state index contributed by atoms with van der Waals surface area (Å²) in [5.41, 5.74) is 2.87. The van der Waals surface area contributed by atoms with Crippen molar-refractivity contribution in [2.45, 2.75) is 18.6 Å². The molecule has 0 N–H and O–H groups in total. The van der Waals surface area contributed by atoms with Crippen LogP contribution in [-0.4, -0.2) is 31.1 Å². The number of benzene rings is 1. The molecule has 0 spiro atoms. The van der Waals surface area contributed by atoms with Gasteiger partial charge in [-0.3, -0.25) is 9.69 Å². The maximum absolute atomic E-state index is 12.0. The monoisotopic (exact) mass is 356 g/mol. The predicted octanol–water partition coefficient (Wildman–Crippen LogP) is 2.79. The van der Waals surface area contributed by atoms with Crippen molar-refractivity contribution in [3.8, 4) is 11.3 Å². The molecule has 1 aliphatic heterocycles. The second-order valence-corrected chi connectivity index (χ2v) is 8.88. The highest BCUT2D eigenvalue weighted by atomic mass is 35.7. The first-order valence-electron chi connectivity index (χ1n) is 6.61. The fraction of sp³-hybridized carbons (Fsp3) is 0.286. The lowest BCUT2D eigenvalue weighted by Gasteiger charge is -2.11. The average Bonchev–Trinajstić information content (AvgIpc) is 3.05. The van der Waals surface area contributed by atoms with Crippen LogP contribution in [0.2, 0.25) is 0 Å². The topological polar surface area (TPSA) is 67.3 Å². The summed E-state index contributed by atoms with van der Waals surface area (Å²) in [6.45, 7) is 2.05. The zero-order chi connectivity index (χ0) is 15.9. The van der Waals surface area contributed by atoms with Crippen molar-refractivity contribution in [2.75, 3.05) is 11.4 Å². The summed E-state index contributed by atoms with van der Waals surface area (Å²) in [6.07, 6.45) is -0.0922. The third-order valence-corrected chi connectivity index (χ3v) is 6.36. The van der Waals surface area contributed by atoms with Crippen LogP contribution < -0.4 is 4.90 Å². The van der Waals surface area contributed by atoms with Crippen molar-refractivity contribution in [1.82, 2.24) is 4.98 Å². The molecule has 116 valence electrons. The summed E-state index contributed by atoms with van der Waals surface area (Å²) in [5.74, 6) is -0.264. The molecule has 22 heavy (non-hydrogen) atoms. The number of aromatic nitrogens is 1. The standard InChI is InChI=1S/C14H13ClN2O3S2/c1-9-4-2-3-5-11(9)12-8-21-14(16-12)17-7-10(6-13(17)18)22(15,19)20/h2-5,8,10H,6-7H2,1H3. The summed E-state index contributed by atoms with van der Waals surface area (Å²) in [7, 11) is 1.61. The fourth-order valence-electron chi connectivity index (χ4n) is 2.42. The second kappa shape index (κ2) is 5.64. The molecule has 0 aliphatic carbocycles. The first kappa shape index (κ1) is 15.5. The van der Waals surface area contributed by atoms with Gasteiger partial charge in [0.05, 0.1) is 5.69 Å². The maximum Gasteiger partial charge on any atom is 0.237 e. The zero-order valence-electron chi connectivity index (χ0n) is 11.7. The summed E-state index contributed by atoms with van der Waals surface area (Å²) < 4.78 is 22.8. The molecule has 1 unspecified atom stereocenters. The van der Waals surface area contributed by atoms with Crippen molar-refractivity contribution in [3.63, 3.8) is 0 Å². The Kier molecular flexibility index (Phi) is 3.96. The molecule has 3 rings (SSSR count). The Morgan fingerprint density at radius 2 is 2.09 bits per heavy atom. The minimum Gasteiger partial charge on any atom is -0.287 e. The van der Waals surface area contributed by atoms with Gasteiger partial charge in [-0.15, -0.1) is 11.3 Å². The van der Waals surface area contributed by atoms with Crippen molar-refractivity contribution in [3.05, 3.63) is 35.2 Å². The molecular formula is C14H13ClN2O3S2. The number of hydrogen-bond acceptors (Lipinski definition) is 5. The number of anilines is 1. The van der Waals surface area contributed by atoms with E-state index in [1.807, 2.05) is 36.6 Å². The van der Waals surface area contributed by atoms with E-state index in [9.17, 15) is 13.2 Å². The van der Waals surface area contributed by atoms with Crippen LogP contribution in [0.4, 0.5) is 5.13 Å². The Bertz CT molecular complexity index is 832. The molecule has 1 aliphatic rings. The fourth-order valence-corrected chi connectivity index (χ4v) is 4.30. The van der Waals surface area contributed by atoms with E-state index in [1.54, 1.807) is 0 Å². The molecule has 5 nitrogen and oxygen atoms in total. The van der Waals surface area contributed by atoms with Crippen LogP contribution in [0.3, 0.4) is 0 Å². The normalized spacial score (nSPS) is 18.9. The van der Waals surface area contributed by atoms with E-state index in [0.29, 0.717) is 5.13 Å². The molecule has 0 saturated carbocycles. The van der Waals surface area contributed by atoms with Gasteiger partial charge in [-0.25, -0.2) is 13.4 Å². The lowest BCUT2D eigenvalue weighted by atomic mass is 10.1. The molecule has 1 aromatic heterocycles. The van der Waals surface area contributed by atoms with Crippen molar-refractivity contribution in [2.24, 2.45) is 0 Å². The molecule has 2 heterocycles. The summed E-state index contributed by atoms with van der Waals surface area (Å²) in [4.78, 5) is 17.9. The molecular weight excluding hydrogens is 344 g/mol. The SMILES string of the molecule is Cc1ccccc1-c1csc(N2CC(S(=O)(=O)Cl)CC2=O)n1. The highest BCUT2D eigenvalue weighted by Crippen LogP contribution is 2.33. The van der Waals surface area contributed by atoms with Crippen LogP contribution >= 0.6 is 22.0 Å². The molecule has 1 aromatic carbocycles. The van der Waals surface area contributed by atoms with Gasteiger partial charge in [-0.2, -0.15) is 0 Å². The first-order valence-corrected chi connectivity index (χ1v) is 9.87. The van der Waals surface area contributed by atoms with Gasteiger partial charge in [0.15, 0.2) is 5.13 Å². The van der Waals surface area contributed by atoms with Crippen LogP contribution in [0.15, 0.2) is 29.6 Å². The van der Waals surface area contributed by atoms with Gasteiger partial charge in [0.1, 0.15) is 5.25 Å². The van der Waals surface area contributed by atoms with Gasteiger partial charge < -0.3 is 0 Å². The summed E-state index contributed by atoms with van der Waals surface area (Å²) >= 11 is 1.32. The van der Waals surface area contributed by atoms with Gasteiger partial charge >= 0.3 is 0 Å². The largest absolute Gasteiger partial charge is 0.287 e. The number of aryl methyl sites for hydroxylation is 1. The highest BCUT2D eigenvalue weighted by Gasteiger charge is 2.39. The minimum absolute atomic E-state index is 0.0609. The number of carbonyl (C=O) groups excluding carboxylic acids is 1. The number of hydrogen-bond donors (Lipinski definition) is 0. The number of amides is 1. The van der Waals surface area contributed by atoms with Gasteiger partial charge in [0.25, 0.3) is 0 Å². The Labute approximate surface area is 137 Å². The number of thiazole rings is 1. The Morgan fingerprint density at radius 1 is 1.36 bits per heavy atom. The summed E-state index contributed by atoms with van der Waals surface area (Å²) in [5, 5.41) is 1.51. The average molecular weight is 357 g/mol. The second-order valence-electron chi connectivity index (χ2n) is 5.14. The first-order chi connectivity index (χ1) is 10.4. The third kappa shape index (κ3) is 2.88. The molecule has 8 heteroatoms. The van der Waals surface area contributed by atoms with E-state index < -0.39 is 14.3 Å². The molecule has 2 aromatic rings. The predicted molar refractivity (Wildman–Crippen MR) is 87.8 cm³/mol. The molecule has 0 bridgehead atoms. The summed E-state index contributed by atoms with van der Waals surface area (Å²) in [6, 6.07) is 7.84. The Morgan fingerprint density at radius 3 is 2.73 bits per heavy atom. The smallest absolute Gasteiger partial charge is 0.237 e. The lowest BCUT2D eigenvalue weighted by Crippen LogP contribution is -2.26. The van der Waals surface area contributed by atoms with Crippen molar-refractivity contribution < 1.29 is 13.2 Å². The van der Waals surface area contributed by atoms with E-state index in [0.717, 1.165) is 16.8 Å². The highest BCUT2D eigenvalue weighted by molar-refractivity contribution is 8.14. The minimum atomic E-state index is -3.74. The number of rotatable bonds is 3. The van der Waals surface area contributed by atoms with E-state index in [1.165, 1.54) is 16.2 Å². The van der Waals surface area contributed by atoms with Gasteiger partial charge in [0.2, 0.25) is 15.0 Å². The van der Waals surface area contributed by atoms with Crippen molar-refractivity contribution >= 4 is 42.1 Å². The molecule has 0 radical (unpaired) electrons. The van der Waals surface area contributed by atoms with E-state index in [2.05, 4.69) is 4.98 Å². The van der Waals surface area contributed by atoms with Crippen LogP contribution in [0.1, 0.15) is 12.0 Å². The van der Waals surface area contributed by atoms with Crippen LogP contribution in [0.25, 0.3) is 11.3 Å². The van der Waals surface area contributed by atoms with E-state index in [-0.39, 0.29) is 18.9 Å². The number of carbonyl (C=O) groups is 1. The molecule has 1 amide bonds. The lowest BCUT2D eigenvalue weighted by molar-refractivity contribution is -0.117. The van der Waals surface area contributed by atoms with Gasteiger partial charge in [-0.05, 0) is 12.5 Å². The number of nitrogens with zero attached hydrogens (tertiary/aromatic N) is 2. The molecule has 1 fully saturated rings. The van der Waals surface area contributed by atoms with Gasteiger partial charge in [0, 0.05) is 34.6 Å². The Hall–Kier alpha value is -1.44. The van der Waals surface area contributed by atoms with Crippen molar-refractivity contribution in [1.29, 1.82) is 0 Å². The number of halogens is 1. The third-order valence-electron chi connectivity index (χ3n) is 3.63. The van der Waals surface area contributed by atoms with Crippen LogP contribution in [-0.2, 0) is 13.8 Å². The zero-order valence-corrected chi connectivity index (χ0v) is 14.1. The van der Waals surface area contributed by atoms with E-state index >= 15 is 0 Å². The Balaban J connectivity index is 1.89. The molecule has 1 atom stereocenters. The van der Waals surface area contributed by atoms with Crippen LogP contribution in [0.5, 0.6) is 0 Å². The van der Waals surface area contributed by atoms with E-state index in [4.69, 9.17) is 10.7 Å².